The topological polar surface area (TPSA) is 44.4 Å². The molecule has 1 amide bonds. The van der Waals surface area contributed by atoms with E-state index in [1.54, 1.807) is 0 Å². The number of hydrazine groups is 1. The minimum absolute atomic E-state index is 0. The van der Waals surface area contributed by atoms with E-state index in [0.29, 0.717) is 18.0 Å². The van der Waals surface area contributed by atoms with Crippen LogP contribution in [0.25, 0.3) is 0 Å². The maximum Gasteiger partial charge on any atom is 0.241 e. The summed E-state index contributed by atoms with van der Waals surface area (Å²) in [5.74, 6) is 0.571. The summed E-state index contributed by atoms with van der Waals surface area (Å²) in [7, 11) is 0. The van der Waals surface area contributed by atoms with Crippen LogP contribution < -0.4 is 10.7 Å². The van der Waals surface area contributed by atoms with E-state index in [0.717, 1.165) is 25.9 Å². The van der Waals surface area contributed by atoms with Gasteiger partial charge in [0.05, 0.1) is 5.92 Å². The van der Waals surface area contributed by atoms with Gasteiger partial charge in [-0.05, 0) is 25.7 Å². The normalized spacial score (nSPS) is 38.1. The molecule has 0 radical (unpaired) electrons. The molecule has 3 aliphatic rings. The third-order valence-electron chi connectivity index (χ3n) is 3.74. The van der Waals surface area contributed by atoms with Crippen molar-refractivity contribution >= 4 is 18.3 Å². The van der Waals surface area contributed by atoms with Crippen molar-refractivity contribution in [2.45, 2.75) is 37.8 Å². The van der Waals surface area contributed by atoms with Gasteiger partial charge in [-0.2, -0.15) is 0 Å². The number of carbonyl (C=O) groups is 1. The van der Waals surface area contributed by atoms with E-state index in [1.165, 1.54) is 12.8 Å². The Labute approximate surface area is 96.2 Å². The third kappa shape index (κ3) is 1.86. The first-order valence-corrected chi connectivity index (χ1v) is 5.65. The Kier molecular flexibility index (Phi) is 3.19. The zero-order valence-corrected chi connectivity index (χ0v) is 9.55. The van der Waals surface area contributed by atoms with Crippen LogP contribution in [0.3, 0.4) is 0 Å². The maximum atomic E-state index is 12.1. The zero-order chi connectivity index (χ0) is 9.54. The second-order valence-electron chi connectivity index (χ2n) is 4.64. The summed E-state index contributed by atoms with van der Waals surface area (Å²) < 4.78 is 0. The van der Waals surface area contributed by atoms with E-state index < -0.39 is 0 Å². The van der Waals surface area contributed by atoms with Gasteiger partial charge in [-0.1, -0.05) is 0 Å². The third-order valence-corrected chi connectivity index (χ3v) is 3.74. The zero-order valence-electron chi connectivity index (χ0n) is 8.74. The van der Waals surface area contributed by atoms with E-state index in [2.05, 4.69) is 10.7 Å². The number of amides is 1. The summed E-state index contributed by atoms with van der Waals surface area (Å²) in [5, 5.41) is 5.33. The number of nitrogens with zero attached hydrogens (tertiary/aromatic N) is 1. The molecule has 3 unspecified atom stereocenters. The lowest BCUT2D eigenvalue weighted by Crippen LogP contribution is -2.44. The minimum atomic E-state index is 0. The van der Waals surface area contributed by atoms with Gasteiger partial charge in [0.2, 0.25) is 5.91 Å². The number of hydrogen-bond acceptors (Lipinski definition) is 3. The van der Waals surface area contributed by atoms with Gasteiger partial charge in [0.15, 0.2) is 0 Å². The molecule has 0 aliphatic carbocycles. The van der Waals surface area contributed by atoms with Crippen LogP contribution in [0.2, 0.25) is 0 Å². The molecule has 3 saturated heterocycles. The van der Waals surface area contributed by atoms with Gasteiger partial charge in [-0.25, -0.2) is 5.43 Å². The highest BCUT2D eigenvalue weighted by Crippen LogP contribution is 2.34. The predicted octanol–water partition coefficient (Wildman–Crippen LogP) is 0.286. The highest BCUT2D eigenvalue weighted by molar-refractivity contribution is 5.85. The minimum Gasteiger partial charge on any atom is -0.310 e. The Hall–Kier alpha value is -0.320. The van der Waals surface area contributed by atoms with E-state index in [-0.39, 0.29) is 18.3 Å². The van der Waals surface area contributed by atoms with E-state index in [4.69, 9.17) is 0 Å². The standard InChI is InChI=1S/C10H17N3O.ClH/c14-10(13-5-1-4-11-13)8-6-7-2-3-9(8)12-7;/h7-9,11-12H,1-6H2;1H. The molecule has 0 saturated carbocycles. The van der Waals surface area contributed by atoms with Crippen LogP contribution in [0.4, 0.5) is 0 Å². The van der Waals surface area contributed by atoms with Crippen molar-refractivity contribution in [3.05, 3.63) is 0 Å². The molecule has 3 rings (SSSR count). The Morgan fingerprint density at radius 2 is 2.20 bits per heavy atom. The lowest BCUT2D eigenvalue weighted by molar-refractivity contribution is -0.137. The van der Waals surface area contributed by atoms with Crippen molar-refractivity contribution in [1.29, 1.82) is 0 Å². The van der Waals surface area contributed by atoms with Crippen molar-refractivity contribution in [2.75, 3.05) is 13.1 Å². The summed E-state index contributed by atoms with van der Waals surface area (Å²) in [6, 6.07) is 1.09. The molecule has 0 aromatic heterocycles. The smallest absolute Gasteiger partial charge is 0.241 e. The van der Waals surface area contributed by atoms with Crippen LogP contribution in [0.5, 0.6) is 0 Å². The molecule has 86 valence electrons. The summed E-state index contributed by atoms with van der Waals surface area (Å²) in [4.78, 5) is 12.1. The van der Waals surface area contributed by atoms with Crippen LogP contribution in [-0.2, 0) is 4.79 Å². The lowest BCUT2D eigenvalue weighted by atomic mass is 9.88. The Morgan fingerprint density at radius 3 is 2.73 bits per heavy atom. The fraction of sp³-hybridized carbons (Fsp3) is 0.900. The summed E-state index contributed by atoms with van der Waals surface area (Å²) in [6.45, 7) is 1.85. The van der Waals surface area contributed by atoms with Gasteiger partial charge in [0, 0.05) is 25.2 Å². The molecule has 2 N–H and O–H groups in total. The van der Waals surface area contributed by atoms with Crippen molar-refractivity contribution < 1.29 is 4.79 Å². The van der Waals surface area contributed by atoms with Gasteiger partial charge < -0.3 is 5.32 Å². The molecule has 4 nitrogen and oxygen atoms in total. The average Bonchev–Trinajstić information content (AvgIpc) is 2.93. The first-order chi connectivity index (χ1) is 6.84. The maximum absolute atomic E-state index is 12.1. The fourth-order valence-electron chi connectivity index (χ4n) is 3.02. The van der Waals surface area contributed by atoms with Crippen molar-refractivity contribution in [1.82, 2.24) is 15.8 Å². The van der Waals surface area contributed by atoms with E-state index in [1.807, 2.05) is 5.01 Å². The number of fused-ring (bicyclic) bond motifs is 2. The molecule has 0 aromatic rings. The number of hydrogen-bond donors (Lipinski definition) is 2. The van der Waals surface area contributed by atoms with E-state index >= 15 is 0 Å². The molecule has 3 aliphatic heterocycles. The summed E-state index contributed by atoms with van der Waals surface area (Å²) in [6.07, 6.45) is 4.61. The monoisotopic (exact) mass is 231 g/mol. The summed E-state index contributed by atoms with van der Waals surface area (Å²) >= 11 is 0. The van der Waals surface area contributed by atoms with Crippen LogP contribution in [-0.4, -0.2) is 36.1 Å². The first-order valence-electron chi connectivity index (χ1n) is 5.65. The predicted molar refractivity (Wildman–Crippen MR) is 59.6 cm³/mol. The van der Waals surface area contributed by atoms with Gasteiger partial charge in [-0.3, -0.25) is 9.80 Å². The average molecular weight is 232 g/mol. The summed E-state index contributed by atoms with van der Waals surface area (Å²) in [5.41, 5.74) is 3.15. The lowest BCUT2D eigenvalue weighted by Gasteiger charge is -2.24. The van der Waals surface area contributed by atoms with E-state index in [9.17, 15) is 4.79 Å². The highest BCUT2D eigenvalue weighted by Gasteiger charge is 2.44. The van der Waals surface area contributed by atoms with Gasteiger partial charge in [0.1, 0.15) is 0 Å². The Balaban J connectivity index is 0.000000853. The Morgan fingerprint density at radius 1 is 1.33 bits per heavy atom. The quantitative estimate of drug-likeness (QED) is 0.682. The molecule has 3 heterocycles. The van der Waals surface area contributed by atoms with Crippen LogP contribution in [0, 0.1) is 5.92 Å². The number of nitrogens with one attached hydrogen (secondary N) is 2. The van der Waals surface area contributed by atoms with Crippen LogP contribution in [0.15, 0.2) is 0 Å². The molecular weight excluding hydrogens is 214 g/mol. The molecular formula is C10H18ClN3O. The van der Waals surface area contributed by atoms with Crippen LogP contribution in [0.1, 0.15) is 25.7 Å². The fourth-order valence-corrected chi connectivity index (χ4v) is 3.02. The number of carbonyl (C=O) groups excluding carboxylic acids is 1. The number of rotatable bonds is 1. The Bertz CT molecular complexity index is 255. The first kappa shape index (κ1) is 11.2. The van der Waals surface area contributed by atoms with Crippen molar-refractivity contribution in [3.63, 3.8) is 0 Å². The largest absolute Gasteiger partial charge is 0.310 e. The molecule has 0 spiro atoms. The van der Waals surface area contributed by atoms with Gasteiger partial charge in [0.25, 0.3) is 0 Å². The molecule has 3 atom stereocenters. The molecule has 3 fully saturated rings. The van der Waals surface area contributed by atoms with Crippen LogP contribution >= 0.6 is 12.4 Å². The molecule has 0 aromatic carbocycles. The SMILES string of the molecule is Cl.O=C(C1CC2CCC1N2)N1CCCN1. The second kappa shape index (κ2) is 4.28. The second-order valence-corrected chi connectivity index (χ2v) is 4.64. The highest BCUT2D eigenvalue weighted by atomic mass is 35.5. The van der Waals surface area contributed by atoms with Gasteiger partial charge in [-0.15, -0.1) is 12.4 Å². The van der Waals surface area contributed by atoms with Crippen molar-refractivity contribution in [2.24, 2.45) is 5.92 Å². The van der Waals surface area contributed by atoms with Gasteiger partial charge >= 0.3 is 0 Å². The molecule has 15 heavy (non-hydrogen) atoms. The molecule has 5 heteroatoms. The molecule has 2 bridgehead atoms. The number of halogens is 1. The van der Waals surface area contributed by atoms with Crippen molar-refractivity contribution in [3.8, 4) is 0 Å².